The smallest absolute Gasteiger partial charge is 0.191 e. The number of hydrogen-bond acceptors (Lipinski definition) is 4. The van der Waals surface area contributed by atoms with Crippen molar-refractivity contribution in [1.82, 2.24) is 15.8 Å². The van der Waals surface area contributed by atoms with Crippen molar-refractivity contribution in [3.8, 4) is 5.75 Å². The topological polar surface area (TPSA) is 71.7 Å². The lowest BCUT2D eigenvalue weighted by Crippen LogP contribution is -2.41. The Balaban J connectivity index is 0.00000338. The summed E-state index contributed by atoms with van der Waals surface area (Å²) in [5, 5.41) is 10.3. The highest BCUT2D eigenvalue weighted by Gasteiger charge is 2.07. The lowest BCUT2D eigenvalue weighted by molar-refractivity contribution is 0.223. The van der Waals surface area contributed by atoms with Crippen LogP contribution in [0.5, 0.6) is 5.75 Å². The first-order valence-corrected chi connectivity index (χ1v) is 8.49. The van der Waals surface area contributed by atoms with Gasteiger partial charge in [-0.25, -0.2) is 9.38 Å². The van der Waals surface area contributed by atoms with Crippen molar-refractivity contribution in [2.24, 2.45) is 4.99 Å². The molecular formula is C18H26FIN4O2. The van der Waals surface area contributed by atoms with Gasteiger partial charge in [-0.3, -0.25) is 0 Å². The zero-order valence-corrected chi connectivity index (χ0v) is 17.6. The van der Waals surface area contributed by atoms with Crippen LogP contribution in [0.3, 0.4) is 0 Å². The van der Waals surface area contributed by atoms with Crippen LogP contribution >= 0.6 is 24.0 Å². The molecule has 0 aliphatic rings. The fourth-order valence-corrected chi connectivity index (χ4v) is 2.15. The molecule has 0 saturated carbocycles. The van der Waals surface area contributed by atoms with Crippen LogP contribution in [-0.2, 0) is 13.0 Å². The fraction of sp³-hybridized carbons (Fsp3) is 0.444. The van der Waals surface area contributed by atoms with Crippen LogP contribution < -0.4 is 15.4 Å². The van der Waals surface area contributed by atoms with Gasteiger partial charge in [-0.15, -0.1) is 24.0 Å². The van der Waals surface area contributed by atoms with Crippen LogP contribution in [0.1, 0.15) is 32.2 Å². The molecule has 0 saturated heterocycles. The Kier molecular flexibility index (Phi) is 10.0. The first kappa shape index (κ1) is 22.2. The molecular weight excluding hydrogens is 450 g/mol. The van der Waals surface area contributed by atoms with E-state index in [-0.39, 0.29) is 35.9 Å². The van der Waals surface area contributed by atoms with Gasteiger partial charge in [0.1, 0.15) is 24.2 Å². The summed E-state index contributed by atoms with van der Waals surface area (Å²) in [6.07, 6.45) is 0.683. The second kappa shape index (κ2) is 11.7. The molecule has 144 valence electrons. The number of aryl methyl sites for hydroxylation is 1. The van der Waals surface area contributed by atoms with E-state index in [9.17, 15) is 4.39 Å². The van der Waals surface area contributed by atoms with E-state index in [1.165, 1.54) is 12.1 Å². The molecule has 2 aromatic rings. The van der Waals surface area contributed by atoms with Gasteiger partial charge in [0.15, 0.2) is 11.7 Å². The number of guanidine groups is 1. The monoisotopic (exact) mass is 476 g/mol. The van der Waals surface area contributed by atoms with Crippen molar-refractivity contribution in [2.45, 2.75) is 39.8 Å². The molecule has 0 spiro atoms. The van der Waals surface area contributed by atoms with Gasteiger partial charge in [0.25, 0.3) is 0 Å². The van der Waals surface area contributed by atoms with E-state index in [2.05, 4.69) is 20.8 Å². The Morgan fingerprint density at radius 1 is 1.31 bits per heavy atom. The molecule has 1 aromatic carbocycles. The molecule has 6 nitrogen and oxygen atoms in total. The number of hydrogen-bond donors (Lipinski definition) is 2. The molecule has 1 atom stereocenters. The summed E-state index contributed by atoms with van der Waals surface area (Å²) in [6.45, 7) is 7.59. The third kappa shape index (κ3) is 7.59. The molecule has 1 unspecified atom stereocenters. The second-order valence-electron chi connectivity index (χ2n) is 5.60. The summed E-state index contributed by atoms with van der Waals surface area (Å²) in [5.41, 5.74) is 0.917. The number of nitrogens with zero attached hydrogens (tertiary/aromatic N) is 2. The van der Waals surface area contributed by atoms with Gasteiger partial charge < -0.3 is 19.9 Å². The van der Waals surface area contributed by atoms with Crippen LogP contribution in [0, 0.1) is 5.82 Å². The van der Waals surface area contributed by atoms with Crippen molar-refractivity contribution in [2.75, 3.05) is 13.1 Å². The molecule has 8 heteroatoms. The van der Waals surface area contributed by atoms with E-state index in [4.69, 9.17) is 9.26 Å². The summed E-state index contributed by atoms with van der Waals surface area (Å²) < 4.78 is 24.1. The van der Waals surface area contributed by atoms with Gasteiger partial charge in [0, 0.05) is 18.7 Å². The molecule has 0 aliphatic carbocycles. The van der Waals surface area contributed by atoms with Crippen LogP contribution in [0.2, 0.25) is 0 Å². The maximum atomic E-state index is 13.2. The lowest BCUT2D eigenvalue weighted by Gasteiger charge is -2.17. The number of rotatable bonds is 8. The maximum absolute atomic E-state index is 13.2. The van der Waals surface area contributed by atoms with Crippen molar-refractivity contribution in [1.29, 1.82) is 0 Å². The lowest BCUT2D eigenvalue weighted by atomic mass is 10.3. The molecule has 26 heavy (non-hydrogen) atoms. The van der Waals surface area contributed by atoms with E-state index in [0.717, 1.165) is 24.4 Å². The van der Waals surface area contributed by atoms with Crippen LogP contribution in [-0.4, -0.2) is 30.3 Å². The van der Waals surface area contributed by atoms with Crippen LogP contribution in [0.4, 0.5) is 4.39 Å². The second-order valence-corrected chi connectivity index (χ2v) is 5.60. The van der Waals surface area contributed by atoms with E-state index >= 15 is 0 Å². The number of ether oxygens (including phenoxy) is 1. The van der Waals surface area contributed by atoms with Crippen molar-refractivity contribution < 1.29 is 13.7 Å². The van der Waals surface area contributed by atoms with Gasteiger partial charge in [-0.1, -0.05) is 18.1 Å². The molecule has 1 aromatic heterocycles. The summed E-state index contributed by atoms with van der Waals surface area (Å²) in [7, 11) is 0. The zero-order chi connectivity index (χ0) is 18.1. The van der Waals surface area contributed by atoms with Crippen molar-refractivity contribution >= 4 is 29.9 Å². The number of nitrogens with one attached hydrogen (secondary N) is 2. The van der Waals surface area contributed by atoms with Gasteiger partial charge >= 0.3 is 0 Å². The molecule has 1 heterocycles. The molecule has 0 bridgehead atoms. The molecule has 0 amide bonds. The average molecular weight is 476 g/mol. The Hall–Kier alpha value is -1.84. The van der Waals surface area contributed by atoms with Crippen molar-refractivity contribution in [3.05, 3.63) is 47.6 Å². The highest BCUT2D eigenvalue weighted by Crippen LogP contribution is 2.13. The number of benzene rings is 1. The van der Waals surface area contributed by atoms with Crippen LogP contribution in [0.15, 0.2) is 39.8 Å². The number of aromatic nitrogens is 1. The van der Waals surface area contributed by atoms with Gasteiger partial charge in [0.05, 0.1) is 12.2 Å². The first-order chi connectivity index (χ1) is 12.1. The van der Waals surface area contributed by atoms with Gasteiger partial charge in [-0.2, -0.15) is 0 Å². The average Bonchev–Trinajstić information content (AvgIpc) is 3.05. The molecule has 0 radical (unpaired) electrons. The Labute approximate surface area is 170 Å². The third-order valence-electron chi connectivity index (χ3n) is 3.40. The zero-order valence-electron chi connectivity index (χ0n) is 15.3. The Bertz CT molecular complexity index is 693. The maximum Gasteiger partial charge on any atom is 0.191 e. The quantitative estimate of drug-likeness (QED) is 0.347. The van der Waals surface area contributed by atoms with E-state index in [1.54, 1.807) is 12.1 Å². The molecule has 2 rings (SSSR count). The highest BCUT2D eigenvalue weighted by molar-refractivity contribution is 14.0. The minimum absolute atomic E-state index is 0. The summed E-state index contributed by atoms with van der Waals surface area (Å²) >= 11 is 0. The predicted octanol–water partition coefficient (Wildman–Crippen LogP) is 3.52. The van der Waals surface area contributed by atoms with Crippen molar-refractivity contribution in [3.63, 3.8) is 0 Å². The van der Waals surface area contributed by atoms with E-state index in [1.807, 2.05) is 26.8 Å². The van der Waals surface area contributed by atoms with Crippen LogP contribution in [0.25, 0.3) is 0 Å². The standard InChI is InChI=1S/C18H25FN4O2.HI/c1-4-15-10-17(25-23-15)12-22-18(20-5-2)21-11-13(3)24-16-8-6-7-14(19)9-16;/h6-10,13H,4-5,11-12H2,1-3H3,(H2,20,21,22);1H. The Morgan fingerprint density at radius 2 is 2.12 bits per heavy atom. The summed E-state index contributed by atoms with van der Waals surface area (Å²) in [6, 6.07) is 8.01. The fourth-order valence-electron chi connectivity index (χ4n) is 2.15. The third-order valence-corrected chi connectivity index (χ3v) is 3.40. The first-order valence-electron chi connectivity index (χ1n) is 8.49. The normalized spacial score (nSPS) is 12.2. The summed E-state index contributed by atoms with van der Waals surface area (Å²) in [4.78, 5) is 4.47. The van der Waals surface area contributed by atoms with Gasteiger partial charge in [-0.05, 0) is 32.4 Å². The molecule has 2 N–H and O–H groups in total. The predicted molar refractivity (Wildman–Crippen MR) is 111 cm³/mol. The number of aliphatic imine (C=N–C) groups is 1. The minimum Gasteiger partial charge on any atom is -0.489 e. The Morgan fingerprint density at radius 3 is 2.77 bits per heavy atom. The largest absolute Gasteiger partial charge is 0.489 e. The SMILES string of the molecule is CCNC(=NCc1cc(CC)no1)NCC(C)Oc1cccc(F)c1.I. The molecule has 0 aliphatic heterocycles. The van der Waals surface area contributed by atoms with E-state index in [0.29, 0.717) is 24.8 Å². The molecule has 0 fully saturated rings. The van der Waals surface area contributed by atoms with Gasteiger partial charge in [0.2, 0.25) is 0 Å². The summed E-state index contributed by atoms with van der Waals surface area (Å²) in [5.74, 6) is 1.57. The minimum atomic E-state index is -0.314. The number of halogens is 2. The highest BCUT2D eigenvalue weighted by atomic mass is 127. The van der Waals surface area contributed by atoms with E-state index < -0.39 is 0 Å².